The molecule has 0 saturated carbocycles. The molecule has 0 spiro atoms. The lowest BCUT2D eigenvalue weighted by Crippen LogP contribution is -2.44. The van der Waals surface area contributed by atoms with E-state index in [0.29, 0.717) is 12.3 Å². The van der Waals surface area contributed by atoms with Crippen molar-refractivity contribution in [2.75, 3.05) is 19.6 Å². The minimum absolute atomic E-state index is 0.207. The molecule has 64 valence electrons. The van der Waals surface area contributed by atoms with Crippen LogP contribution < -0.4 is 10.6 Å². The molecule has 3 heteroatoms. The Kier molecular flexibility index (Phi) is 3.36. The zero-order valence-electron chi connectivity index (χ0n) is 7.02. The van der Waals surface area contributed by atoms with Crippen molar-refractivity contribution in [3.63, 3.8) is 0 Å². The predicted octanol–water partition coefficient (Wildman–Crippen LogP) is 0.122. The lowest BCUT2D eigenvalue weighted by molar-refractivity contribution is -0.122. The van der Waals surface area contributed by atoms with E-state index in [1.807, 2.05) is 0 Å². The van der Waals surface area contributed by atoms with E-state index in [9.17, 15) is 4.79 Å². The van der Waals surface area contributed by atoms with E-state index in [0.717, 1.165) is 26.1 Å². The predicted molar refractivity (Wildman–Crippen MR) is 44.3 cm³/mol. The van der Waals surface area contributed by atoms with Crippen molar-refractivity contribution >= 4 is 5.91 Å². The molecule has 1 amide bonds. The van der Waals surface area contributed by atoms with Gasteiger partial charge in [0.2, 0.25) is 5.91 Å². The summed E-state index contributed by atoms with van der Waals surface area (Å²) in [6.45, 7) is 4.91. The Morgan fingerprint density at radius 2 is 2.36 bits per heavy atom. The molecule has 1 rings (SSSR count). The van der Waals surface area contributed by atoms with Gasteiger partial charge in [0.25, 0.3) is 0 Å². The molecule has 0 aromatic rings. The van der Waals surface area contributed by atoms with Crippen LogP contribution in [0.2, 0.25) is 0 Å². The number of carbonyl (C=O) groups excluding carboxylic acids is 1. The van der Waals surface area contributed by atoms with E-state index in [1.54, 1.807) is 0 Å². The molecule has 0 aliphatic carbocycles. The van der Waals surface area contributed by atoms with E-state index in [4.69, 9.17) is 0 Å². The smallest absolute Gasteiger partial charge is 0.220 e. The number of hydrogen-bond donors (Lipinski definition) is 2. The third kappa shape index (κ3) is 2.89. The van der Waals surface area contributed by atoms with Crippen LogP contribution in [0.4, 0.5) is 0 Å². The molecule has 3 nitrogen and oxygen atoms in total. The first-order valence-electron chi connectivity index (χ1n) is 4.30. The fourth-order valence-electron chi connectivity index (χ4n) is 1.09. The molecule has 0 atom stereocenters. The number of nitrogens with one attached hydrogen (secondary N) is 2. The molecule has 1 aliphatic heterocycles. The number of hydrogen-bond acceptors (Lipinski definition) is 2. The van der Waals surface area contributed by atoms with Crippen LogP contribution in [0.25, 0.3) is 0 Å². The highest BCUT2D eigenvalue weighted by Crippen LogP contribution is 2.07. The van der Waals surface area contributed by atoms with E-state index >= 15 is 0 Å². The molecule has 0 bridgehead atoms. The van der Waals surface area contributed by atoms with Crippen LogP contribution in [0.1, 0.15) is 19.8 Å². The van der Waals surface area contributed by atoms with Gasteiger partial charge in [-0.25, -0.2) is 0 Å². The summed E-state index contributed by atoms with van der Waals surface area (Å²) in [5.74, 6) is 0.796. The average Bonchev–Trinajstić information content (AvgIpc) is 1.93. The summed E-state index contributed by atoms with van der Waals surface area (Å²) in [6, 6.07) is 0. The molecular weight excluding hydrogens is 140 g/mol. The van der Waals surface area contributed by atoms with E-state index in [2.05, 4.69) is 17.6 Å². The first-order chi connectivity index (χ1) is 5.33. The highest BCUT2D eigenvalue weighted by molar-refractivity contribution is 5.76. The fraction of sp³-hybridized carbons (Fsp3) is 0.875. The van der Waals surface area contributed by atoms with Gasteiger partial charge >= 0.3 is 0 Å². The van der Waals surface area contributed by atoms with Crippen LogP contribution >= 0.6 is 0 Å². The van der Waals surface area contributed by atoms with Crippen LogP contribution in [0, 0.1) is 5.92 Å². The summed E-state index contributed by atoms with van der Waals surface area (Å²) in [5, 5.41) is 6.01. The van der Waals surface area contributed by atoms with Crippen LogP contribution in [0.5, 0.6) is 0 Å². The fourth-order valence-corrected chi connectivity index (χ4v) is 1.09. The van der Waals surface area contributed by atoms with Crippen molar-refractivity contribution in [2.45, 2.75) is 19.8 Å². The lowest BCUT2D eigenvalue weighted by atomic mass is 9.99. The standard InChI is InChI=1S/C8H16N2O/c1-2-3-10-8(11)4-7-5-9-6-7/h7,9H,2-6H2,1H3,(H,10,11). The number of amides is 1. The van der Waals surface area contributed by atoms with Gasteiger partial charge in [-0.2, -0.15) is 0 Å². The summed E-state index contributed by atoms with van der Waals surface area (Å²) in [4.78, 5) is 11.1. The zero-order valence-corrected chi connectivity index (χ0v) is 7.02. The maximum absolute atomic E-state index is 11.1. The van der Waals surface area contributed by atoms with Gasteiger partial charge in [0.05, 0.1) is 0 Å². The minimum atomic E-state index is 0.207. The quantitative estimate of drug-likeness (QED) is 0.607. The van der Waals surface area contributed by atoms with Crippen molar-refractivity contribution in [2.24, 2.45) is 5.92 Å². The summed E-state index contributed by atoms with van der Waals surface area (Å²) in [5.41, 5.74) is 0. The van der Waals surface area contributed by atoms with Crippen molar-refractivity contribution < 1.29 is 4.79 Å². The van der Waals surface area contributed by atoms with Crippen LogP contribution in [-0.2, 0) is 4.79 Å². The molecule has 1 heterocycles. The molecule has 0 radical (unpaired) electrons. The zero-order chi connectivity index (χ0) is 8.10. The first kappa shape index (κ1) is 8.53. The second-order valence-electron chi connectivity index (χ2n) is 3.08. The molecule has 1 saturated heterocycles. The third-order valence-corrected chi connectivity index (χ3v) is 1.91. The molecule has 0 unspecified atom stereocenters. The van der Waals surface area contributed by atoms with Crippen LogP contribution in [-0.4, -0.2) is 25.5 Å². The van der Waals surface area contributed by atoms with Gasteiger partial charge in [-0.1, -0.05) is 6.92 Å². The molecule has 2 N–H and O–H groups in total. The Morgan fingerprint density at radius 3 is 2.82 bits per heavy atom. The van der Waals surface area contributed by atoms with Gasteiger partial charge in [-0.15, -0.1) is 0 Å². The summed E-state index contributed by atoms with van der Waals surface area (Å²) < 4.78 is 0. The summed E-state index contributed by atoms with van der Waals surface area (Å²) in [7, 11) is 0. The summed E-state index contributed by atoms with van der Waals surface area (Å²) >= 11 is 0. The number of carbonyl (C=O) groups is 1. The molecule has 1 fully saturated rings. The summed E-state index contributed by atoms with van der Waals surface area (Å²) in [6.07, 6.45) is 1.72. The lowest BCUT2D eigenvalue weighted by Gasteiger charge is -2.26. The van der Waals surface area contributed by atoms with Crippen LogP contribution in [0.15, 0.2) is 0 Å². The molecule has 11 heavy (non-hydrogen) atoms. The Balaban J connectivity index is 2.00. The Labute approximate surface area is 67.5 Å². The van der Waals surface area contributed by atoms with E-state index < -0.39 is 0 Å². The van der Waals surface area contributed by atoms with Gasteiger partial charge in [-0.3, -0.25) is 4.79 Å². The minimum Gasteiger partial charge on any atom is -0.356 e. The SMILES string of the molecule is CCCNC(=O)CC1CNC1. The van der Waals surface area contributed by atoms with Crippen molar-refractivity contribution in [3.05, 3.63) is 0 Å². The topological polar surface area (TPSA) is 41.1 Å². The van der Waals surface area contributed by atoms with Gasteiger partial charge in [-0.05, 0) is 25.4 Å². The molecule has 0 aromatic carbocycles. The van der Waals surface area contributed by atoms with Crippen molar-refractivity contribution in [1.29, 1.82) is 0 Å². The normalized spacial score (nSPS) is 17.5. The largest absolute Gasteiger partial charge is 0.356 e. The van der Waals surface area contributed by atoms with Crippen LogP contribution in [0.3, 0.4) is 0 Å². The Hall–Kier alpha value is -0.570. The Bertz CT molecular complexity index is 132. The highest BCUT2D eigenvalue weighted by Gasteiger charge is 2.19. The maximum atomic E-state index is 11.1. The number of rotatable bonds is 4. The second-order valence-corrected chi connectivity index (χ2v) is 3.08. The Morgan fingerprint density at radius 1 is 1.64 bits per heavy atom. The van der Waals surface area contributed by atoms with Gasteiger partial charge < -0.3 is 10.6 Å². The highest BCUT2D eigenvalue weighted by atomic mass is 16.1. The van der Waals surface area contributed by atoms with Crippen molar-refractivity contribution in [3.8, 4) is 0 Å². The van der Waals surface area contributed by atoms with Gasteiger partial charge in [0.15, 0.2) is 0 Å². The van der Waals surface area contributed by atoms with Gasteiger partial charge in [0.1, 0.15) is 0 Å². The monoisotopic (exact) mass is 156 g/mol. The molecular formula is C8H16N2O. The maximum Gasteiger partial charge on any atom is 0.220 e. The first-order valence-corrected chi connectivity index (χ1v) is 4.30. The molecule has 1 aliphatic rings. The van der Waals surface area contributed by atoms with E-state index in [-0.39, 0.29) is 5.91 Å². The second kappa shape index (κ2) is 4.34. The molecule has 0 aromatic heterocycles. The van der Waals surface area contributed by atoms with Crippen molar-refractivity contribution in [1.82, 2.24) is 10.6 Å². The average molecular weight is 156 g/mol. The van der Waals surface area contributed by atoms with Gasteiger partial charge in [0, 0.05) is 13.0 Å². The third-order valence-electron chi connectivity index (χ3n) is 1.91. The van der Waals surface area contributed by atoms with E-state index in [1.165, 1.54) is 0 Å².